The van der Waals surface area contributed by atoms with E-state index in [0.717, 1.165) is 18.2 Å². The molecule has 2 N–H and O–H groups in total. The molecule has 1 heterocycles. The molecule has 0 unspecified atom stereocenters. The quantitative estimate of drug-likeness (QED) is 0.859. The van der Waals surface area contributed by atoms with E-state index in [1.165, 1.54) is 0 Å². The van der Waals surface area contributed by atoms with Crippen LogP contribution in [0, 0.1) is 5.82 Å². The maximum atomic E-state index is 12.9. The predicted octanol–water partition coefficient (Wildman–Crippen LogP) is 0.646. The van der Waals surface area contributed by atoms with Gasteiger partial charge in [0.25, 0.3) is 0 Å². The lowest BCUT2D eigenvalue weighted by atomic mass is 10.3. The summed E-state index contributed by atoms with van der Waals surface area (Å²) in [6, 6.07) is 2.64. The number of rotatable bonds is 3. The van der Waals surface area contributed by atoms with Crippen LogP contribution in [0.25, 0.3) is 0 Å². The van der Waals surface area contributed by atoms with Gasteiger partial charge in [-0.15, -0.1) is 0 Å². The van der Waals surface area contributed by atoms with E-state index in [9.17, 15) is 17.6 Å². The van der Waals surface area contributed by atoms with E-state index in [1.54, 1.807) is 0 Å². The highest BCUT2D eigenvalue weighted by atomic mass is 35.5. The summed E-state index contributed by atoms with van der Waals surface area (Å²) in [6.45, 7) is 0.243. The number of nitrogens with one attached hydrogen (secondary N) is 2. The van der Waals surface area contributed by atoms with E-state index in [4.69, 9.17) is 11.6 Å². The second-order valence-corrected chi connectivity index (χ2v) is 6.02. The van der Waals surface area contributed by atoms with Crippen molar-refractivity contribution in [2.45, 2.75) is 17.4 Å². The average molecular weight is 293 g/mol. The first-order valence-electron chi connectivity index (χ1n) is 5.12. The Morgan fingerprint density at radius 3 is 2.72 bits per heavy atom. The molecule has 0 aromatic heterocycles. The van der Waals surface area contributed by atoms with Crippen molar-refractivity contribution in [1.82, 2.24) is 10.0 Å². The number of halogens is 2. The third-order valence-corrected chi connectivity index (χ3v) is 4.31. The fourth-order valence-corrected chi connectivity index (χ4v) is 3.13. The fourth-order valence-electron chi connectivity index (χ4n) is 1.62. The van der Waals surface area contributed by atoms with Crippen molar-refractivity contribution >= 4 is 27.5 Å². The first-order chi connectivity index (χ1) is 8.38. The highest BCUT2D eigenvalue weighted by molar-refractivity contribution is 7.89. The van der Waals surface area contributed by atoms with Crippen LogP contribution in [-0.4, -0.2) is 26.9 Å². The summed E-state index contributed by atoms with van der Waals surface area (Å²) in [6.07, 6.45) is 0.0914. The van der Waals surface area contributed by atoms with Gasteiger partial charge in [0.2, 0.25) is 15.9 Å². The van der Waals surface area contributed by atoms with Gasteiger partial charge >= 0.3 is 0 Å². The van der Waals surface area contributed by atoms with Gasteiger partial charge < -0.3 is 5.32 Å². The average Bonchev–Trinajstić information content (AvgIpc) is 2.67. The van der Waals surface area contributed by atoms with Crippen molar-refractivity contribution in [3.63, 3.8) is 0 Å². The molecule has 1 fully saturated rings. The van der Waals surface area contributed by atoms with Gasteiger partial charge in [-0.25, -0.2) is 17.5 Å². The molecule has 1 aliphatic heterocycles. The van der Waals surface area contributed by atoms with Crippen LogP contribution in [0.4, 0.5) is 4.39 Å². The van der Waals surface area contributed by atoms with Crippen LogP contribution in [0.1, 0.15) is 6.42 Å². The molecule has 1 aromatic rings. The molecule has 1 aliphatic rings. The highest BCUT2D eigenvalue weighted by Gasteiger charge is 2.27. The zero-order chi connectivity index (χ0) is 13.3. The molecular formula is C10H10ClFN2O3S. The molecule has 0 aliphatic carbocycles. The van der Waals surface area contributed by atoms with Gasteiger partial charge in [0.1, 0.15) is 5.82 Å². The lowest BCUT2D eigenvalue weighted by Crippen LogP contribution is -2.36. The summed E-state index contributed by atoms with van der Waals surface area (Å²) in [5.74, 6) is -0.895. The van der Waals surface area contributed by atoms with E-state index in [-0.39, 0.29) is 28.8 Å². The molecule has 0 radical (unpaired) electrons. The van der Waals surface area contributed by atoms with E-state index < -0.39 is 21.9 Å². The Morgan fingerprint density at radius 1 is 1.44 bits per heavy atom. The zero-order valence-electron chi connectivity index (χ0n) is 9.11. The normalized spacial score (nSPS) is 19.9. The molecule has 5 nitrogen and oxygen atoms in total. The zero-order valence-corrected chi connectivity index (χ0v) is 10.7. The molecule has 2 rings (SSSR count). The van der Waals surface area contributed by atoms with Gasteiger partial charge in [0.15, 0.2) is 0 Å². The van der Waals surface area contributed by atoms with Gasteiger partial charge in [0.05, 0.1) is 9.92 Å². The van der Waals surface area contributed by atoms with E-state index in [2.05, 4.69) is 10.0 Å². The summed E-state index contributed by atoms with van der Waals surface area (Å²) in [7, 11) is -3.80. The minimum atomic E-state index is -3.80. The topological polar surface area (TPSA) is 75.3 Å². The minimum absolute atomic E-state index is 0.0914. The third kappa shape index (κ3) is 2.80. The Morgan fingerprint density at radius 2 is 2.17 bits per heavy atom. The number of carbonyl (C=O) groups excluding carboxylic acids is 1. The summed E-state index contributed by atoms with van der Waals surface area (Å²) < 4.78 is 39.2. The van der Waals surface area contributed by atoms with Crippen molar-refractivity contribution in [3.8, 4) is 0 Å². The fraction of sp³-hybridized carbons (Fsp3) is 0.300. The standard InChI is InChI=1S/C10H10ClFN2O3S/c11-8-4-7(1-2-9(8)12)18(16,17)14-6-3-10(15)13-5-6/h1-2,4,6,14H,3,5H2,(H,13,15)/t6-/m1/s1. The molecule has 0 saturated carbocycles. The summed E-state index contributed by atoms with van der Waals surface area (Å²) in [4.78, 5) is 10.8. The Labute approximate surface area is 108 Å². The van der Waals surface area contributed by atoms with Crippen LogP contribution >= 0.6 is 11.6 Å². The Balaban J connectivity index is 2.20. The number of sulfonamides is 1. The smallest absolute Gasteiger partial charge is 0.240 e. The SMILES string of the molecule is O=C1C[C@@H](NS(=O)(=O)c2ccc(F)c(Cl)c2)CN1. The van der Waals surface area contributed by atoms with Crippen molar-refractivity contribution < 1.29 is 17.6 Å². The number of hydrogen-bond donors (Lipinski definition) is 2. The molecule has 8 heteroatoms. The second-order valence-electron chi connectivity index (χ2n) is 3.90. The van der Waals surface area contributed by atoms with Crippen molar-refractivity contribution in [1.29, 1.82) is 0 Å². The largest absolute Gasteiger partial charge is 0.354 e. The lowest BCUT2D eigenvalue weighted by molar-refractivity contribution is -0.119. The molecule has 98 valence electrons. The van der Waals surface area contributed by atoms with Crippen LogP contribution < -0.4 is 10.0 Å². The summed E-state index contributed by atoms with van der Waals surface area (Å²) in [5.41, 5.74) is 0. The Hall–Kier alpha value is -1.18. The highest BCUT2D eigenvalue weighted by Crippen LogP contribution is 2.19. The number of hydrogen-bond acceptors (Lipinski definition) is 3. The molecule has 1 saturated heterocycles. The Bertz CT molecular complexity index is 591. The van der Waals surface area contributed by atoms with Gasteiger partial charge in [-0.2, -0.15) is 0 Å². The Kier molecular flexibility index (Phi) is 3.56. The van der Waals surface area contributed by atoms with Crippen LogP contribution in [0.3, 0.4) is 0 Å². The van der Waals surface area contributed by atoms with E-state index in [0.29, 0.717) is 0 Å². The molecule has 0 spiro atoms. The first kappa shape index (κ1) is 13.3. The van der Waals surface area contributed by atoms with Gasteiger partial charge in [-0.3, -0.25) is 4.79 Å². The maximum Gasteiger partial charge on any atom is 0.240 e. The van der Waals surface area contributed by atoms with Crippen molar-refractivity contribution in [3.05, 3.63) is 29.0 Å². The predicted molar refractivity (Wildman–Crippen MR) is 63.1 cm³/mol. The second kappa shape index (κ2) is 4.83. The van der Waals surface area contributed by atoms with E-state index in [1.807, 2.05) is 0 Å². The monoisotopic (exact) mass is 292 g/mol. The molecule has 18 heavy (non-hydrogen) atoms. The van der Waals surface area contributed by atoms with Crippen molar-refractivity contribution in [2.24, 2.45) is 0 Å². The molecular weight excluding hydrogens is 283 g/mol. The van der Waals surface area contributed by atoms with Gasteiger partial charge in [0, 0.05) is 19.0 Å². The van der Waals surface area contributed by atoms with Crippen molar-refractivity contribution in [2.75, 3.05) is 6.54 Å². The molecule has 1 atom stereocenters. The number of carbonyl (C=O) groups is 1. The first-order valence-corrected chi connectivity index (χ1v) is 6.99. The third-order valence-electron chi connectivity index (χ3n) is 2.50. The summed E-state index contributed by atoms with van der Waals surface area (Å²) >= 11 is 5.53. The maximum absolute atomic E-state index is 12.9. The van der Waals surface area contributed by atoms with E-state index >= 15 is 0 Å². The van der Waals surface area contributed by atoms with Crippen LogP contribution in [0.2, 0.25) is 5.02 Å². The number of amides is 1. The molecule has 0 bridgehead atoms. The van der Waals surface area contributed by atoms with Gasteiger partial charge in [-0.05, 0) is 18.2 Å². The van der Waals surface area contributed by atoms with Crippen LogP contribution in [0.15, 0.2) is 23.1 Å². The number of benzene rings is 1. The summed E-state index contributed by atoms with van der Waals surface area (Å²) in [5, 5.41) is 2.25. The van der Waals surface area contributed by atoms with Crippen LogP contribution in [0.5, 0.6) is 0 Å². The molecule has 1 amide bonds. The van der Waals surface area contributed by atoms with Crippen LogP contribution in [-0.2, 0) is 14.8 Å². The lowest BCUT2D eigenvalue weighted by Gasteiger charge is -2.11. The minimum Gasteiger partial charge on any atom is -0.354 e. The van der Waals surface area contributed by atoms with Gasteiger partial charge in [-0.1, -0.05) is 11.6 Å². The molecule has 1 aromatic carbocycles.